The standard InChI is InChI=1S/C21H22N2O2/c1-21(20(25)22-14-15-7-3-2-4-8-15)13-16-9-5-6-10-18(16)19(24)23(21)17-11-12-17/h2-10,17H,11-14H2,1H3,(H,22,25). The maximum Gasteiger partial charge on any atom is 0.255 e. The summed E-state index contributed by atoms with van der Waals surface area (Å²) < 4.78 is 0. The van der Waals surface area contributed by atoms with E-state index in [0.717, 1.165) is 29.5 Å². The van der Waals surface area contributed by atoms with E-state index < -0.39 is 5.54 Å². The van der Waals surface area contributed by atoms with Crippen LogP contribution in [0.3, 0.4) is 0 Å². The van der Waals surface area contributed by atoms with Crippen LogP contribution in [0, 0.1) is 0 Å². The lowest BCUT2D eigenvalue weighted by atomic mass is 9.82. The molecule has 1 heterocycles. The van der Waals surface area contributed by atoms with Crippen LogP contribution in [0.4, 0.5) is 0 Å². The Balaban J connectivity index is 1.61. The van der Waals surface area contributed by atoms with Gasteiger partial charge in [-0.25, -0.2) is 0 Å². The van der Waals surface area contributed by atoms with Crippen molar-refractivity contribution in [3.05, 3.63) is 71.3 Å². The number of nitrogens with one attached hydrogen (secondary N) is 1. The maximum absolute atomic E-state index is 13.1. The molecule has 1 N–H and O–H groups in total. The van der Waals surface area contributed by atoms with Gasteiger partial charge in [0.05, 0.1) is 0 Å². The van der Waals surface area contributed by atoms with Crippen LogP contribution < -0.4 is 5.32 Å². The molecule has 1 saturated carbocycles. The van der Waals surface area contributed by atoms with Crippen molar-refractivity contribution in [3.63, 3.8) is 0 Å². The molecule has 4 rings (SSSR count). The highest BCUT2D eigenvalue weighted by molar-refractivity contribution is 6.02. The highest BCUT2D eigenvalue weighted by Gasteiger charge is 2.51. The van der Waals surface area contributed by atoms with Gasteiger partial charge in [-0.2, -0.15) is 0 Å². The van der Waals surface area contributed by atoms with E-state index in [1.165, 1.54) is 0 Å². The van der Waals surface area contributed by atoms with E-state index in [4.69, 9.17) is 0 Å². The van der Waals surface area contributed by atoms with Crippen molar-refractivity contribution in [3.8, 4) is 0 Å². The quantitative estimate of drug-likeness (QED) is 0.935. The maximum atomic E-state index is 13.1. The second kappa shape index (κ2) is 6.03. The Morgan fingerprint density at radius 2 is 1.80 bits per heavy atom. The van der Waals surface area contributed by atoms with Crippen LogP contribution >= 0.6 is 0 Å². The molecule has 0 radical (unpaired) electrons. The summed E-state index contributed by atoms with van der Waals surface area (Å²) in [6.45, 7) is 2.38. The monoisotopic (exact) mass is 334 g/mol. The second-order valence-corrected chi connectivity index (χ2v) is 7.18. The lowest BCUT2D eigenvalue weighted by Gasteiger charge is -2.44. The van der Waals surface area contributed by atoms with Gasteiger partial charge in [0.25, 0.3) is 5.91 Å². The van der Waals surface area contributed by atoms with Gasteiger partial charge < -0.3 is 10.2 Å². The predicted octanol–water partition coefficient (Wildman–Crippen LogP) is 2.92. The van der Waals surface area contributed by atoms with Crippen LogP contribution in [0.2, 0.25) is 0 Å². The van der Waals surface area contributed by atoms with Crippen molar-refractivity contribution in [1.82, 2.24) is 10.2 Å². The van der Waals surface area contributed by atoms with Gasteiger partial charge in [-0.05, 0) is 37.0 Å². The molecule has 1 aliphatic heterocycles. The van der Waals surface area contributed by atoms with Crippen molar-refractivity contribution in [2.45, 2.75) is 44.3 Å². The molecule has 4 heteroatoms. The number of fused-ring (bicyclic) bond motifs is 1. The summed E-state index contributed by atoms with van der Waals surface area (Å²) in [6.07, 6.45) is 2.52. The Kier molecular flexibility index (Phi) is 3.83. The molecule has 0 aromatic heterocycles. The Bertz CT molecular complexity index is 814. The van der Waals surface area contributed by atoms with E-state index in [2.05, 4.69) is 5.32 Å². The first kappa shape index (κ1) is 15.9. The fourth-order valence-corrected chi connectivity index (χ4v) is 3.75. The number of hydrogen-bond donors (Lipinski definition) is 1. The summed E-state index contributed by atoms with van der Waals surface area (Å²) in [5.74, 6) is -0.0900. The largest absolute Gasteiger partial charge is 0.350 e. The average molecular weight is 334 g/mol. The van der Waals surface area contributed by atoms with E-state index >= 15 is 0 Å². The lowest BCUT2D eigenvalue weighted by Crippen LogP contribution is -2.63. The topological polar surface area (TPSA) is 49.4 Å². The van der Waals surface area contributed by atoms with Crippen LogP contribution in [0.5, 0.6) is 0 Å². The molecule has 2 aromatic rings. The molecule has 25 heavy (non-hydrogen) atoms. The summed E-state index contributed by atoms with van der Waals surface area (Å²) in [6, 6.07) is 17.7. The first-order valence-corrected chi connectivity index (χ1v) is 8.83. The Labute approximate surface area is 147 Å². The molecule has 1 aliphatic carbocycles. The minimum absolute atomic E-state index is 0.0123. The van der Waals surface area contributed by atoms with Gasteiger partial charge in [-0.15, -0.1) is 0 Å². The third kappa shape index (κ3) is 2.82. The molecule has 4 nitrogen and oxygen atoms in total. The van der Waals surface area contributed by atoms with Gasteiger partial charge >= 0.3 is 0 Å². The third-order valence-electron chi connectivity index (χ3n) is 5.23. The van der Waals surface area contributed by atoms with Crippen LogP contribution in [0.25, 0.3) is 0 Å². The fraction of sp³-hybridized carbons (Fsp3) is 0.333. The lowest BCUT2D eigenvalue weighted by molar-refractivity contribution is -0.132. The van der Waals surface area contributed by atoms with Crippen molar-refractivity contribution >= 4 is 11.8 Å². The molecule has 0 saturated heterocycles. The van der Waals surface area contributed by atoms with Crippen LogP contribution in [0.1, 0.15) is 41.3 Å². The molecule has 128 valence electrons. The smallest absolute Gasteiger partial charge is 0.255 e. The molecule has 1 atom stereocenters. The van der Waals surface area contributed by atoms with Crippen molar-refractivity contribution in [2.75, 3.05) is 0 Å². The van der Waals surface area contributed by atoms with E-state index in [9.17, 15) is 9.59 Å². The first-order chi connectivity index (χ1) is 12.1. The van der Waals surface area contributed by atoms with Crippen molar-refractivity contribution in [2.24, 2.45) is 0 Å². The number of carbonyl (C=O) groups is 2. The minimum Gasteiger partial charge on any atom is -0.350 e. The normalized spacial score (nSPS) is 22.4. The molecule has 0 spiro atoms. The van der Waals surface area contributed by atoms with E-state index in [-0.39, 0.29) is 17.9 Å². The SMILES string of the molecule is CC1(C(=O)NCc2ccccc2)Cc2ccccc2C(=O)N1C1CC1. The van der Waals surface area contributed by atoms with E-state index in [1.807, 2.05) is 66.4 Å². The zero-order chi connectivity index (χ0) is 17.4. The van der Waals surface area contributed by atoms with E-state index in [1.54, 1.807) is 0 Å². The Morgan fingerprint density at radius 1 is 1.12 bits per heavy atom. The number of carbonyl (C=O) groups excluding carboxylic acids is 2. The summed E-state index contributed by atoms with van der Waals surface area (Å²) in [7, 11) is 0. The van der Waals surface area contributed by atoms with Gasteiger partial charge in [-0.3, -0.25) is 9.59 Å². The summed E-state index contributed by atoms with van der Waals surface area (Å²) in [5.41, 5.74) is 1.92. The summed E-state index contributed by atoms with van der Waals surface area (Å²) in [4.78, 5) is 28.0. The fourth-order valence-electron chi connectivity index (χ4n) is 3.75. The van der Waals surface area contributed by atoms with Crippen molar-refractivity contribution in [1.29, 1.82) is 0 Å². The van der Waals surface area contributed by atoms with Gasteiger partial charge in [0, 0.05) is 24.6 Å². The molecule has 2 amide bonds. The molecule has 2 aromatic carbocycles. The molecule has 0 bridgehead atoms. The molecule has 2 aliphatic rings. The highest BCUT2D eigenvalue weighted by Crippen LogP contribution is 2.40. The van der Waals surface area contributed by atoms with Crippen LogP contribution in [0.15, 0.2) is 54.6 Å². The molecule has 1 unspecified atom stereocenters. The molecular weight excluding hydrogens is 312 g/mol. The van der Waals surface area contributed by atoms with Gasteiger partial charge in [0.1, 0.15) is 5.54 Å². The number of amides is 2. The van der Waals surface area contributed by atoms with Crippen LogP contribution in [-0.4, -0.2) is 28.3 Å². The van der Waals surface area contributed by atoms with Gasteiger partial charge in [0.2, 0.25) is 5.91 Å². The van der Waals surface area contributed by atoms with E-state index in [0.29, 0.717) is 13.0 Å². The minimum atomic E-state index is -0.832. The zero-order valence-corrected chi connectivity index (χ0v) is 14.4. The summed E-state index contributed by atoms with van der Waals surface area (Å²) >= 11 is 0. The van der Waals surface area contributed by atoms with Crippen LogP contribution in [-0.2, 0) is 17.8 Å². The molecular formula is C21H22N2O2. The molecule has 1 fully saturated rings. The van der Waals surface area contributed by atoms with Gasteiger partial charge in [-0.1, -0.05) is 48.5 Å². The number of benzene rings is 2. The van der Waals surface area contributed by atoms with Crippen molar-refractivity contribution < 1.29 is 9.59 Å². The predicted molar refractivity (Wildman–Crippen MR) is 96.0 cm³/mol. The summed E-state index contributed by atoms with van der Waals surface area (Å²) in [5, 5.41) is 3.04. The highest BCUT2D eigenvalue weighted by atomic mass is 16.2. The number of rotatable bonds is 4. The third-order valence-corrected chi connectivity index (χ3v) is 5.23. The average Bonchev–Trinajstić information content (AvgIpc) is 3.45. The second-order valence-electron chi connectivity index (χ2n) is 7.18. The van der Waals surface area contributed by atoms with Gasteiger partial charge in [0.15, 0.2) is 0 Å². The Hall–Kier alpha value is -2.62. The Morgan fingerprint density at radius 3 is 2.52 bits per heavy atom. The number of hydrogen-bond acceptors (Lipinski definition) is 2. The first-order valence-electron chi connectivity index (χ1n) is 8.83. The zero-order valence-electron chi connectivity index (χ0n) is 14.4. The number of nitrogens with zero attached hydrogens (tertiary/aromatic N) is 1.